The van der Waals surface area contributed by atoms with E-state index in [-0.39, 0.29) is 0 Å². The third kappa shape index (κ3) is 5.05. The molecule has 0 aromatic heterocycles. The average molecular weight is 426 g/mol. The maximum atomic E-state index is 2.29. The second-order valence-corrected chi connectivity index (χ2v) is 8.24. The van der Waals surface area contributed by atoms with E-state index < -0.39 is 0 Å². The monoisotopic (exact) mass is 425 g/mol. The van der Waals surface area contributed by atoms with E-state index in [4.69, 9.17) is 0 Å². The van der Waals surface area contributed by atoms with Crippen molar-refractivity contribution in [1.29, 1.82) is 0 Å². The molecule has 0 heterocycles. The largest absolute Gasteiger partial charge is 0.311 e. The summed E-state index contributed by atoms with van der Waals surface area (Å²) in [5, 5.41) is 0. The zero-order valence-corrected chi connectivity index (χ0v) is 18.6. The van der Waals surface area contributed by atoms with Crippen molar-refractivity contribution in [3.05, 3.63) is 151 Å². The molecule has 0 aliphatic heterocycles. The van der Waals surface area contributed by atoms with Crippen LogP contribution in [0.5, 0.6) is 0 Å². The number of rotatable bonds is 7. The second kappa shape index (κ2) is 10.0. The molecule has 0 fully saturated rings. The molecule has 33 heavy (non-hydrogen) atoms. The van der Waals surface area contributed by atoms with E-state index in [0.717, 1.165) is 29.9 Å². The summed E-state index contributed by atoms with van der Waals surface area (Å²) in [5.41, 5.74) is 8.69. The van der Waals surface area contributed by atoms with Crippen LogP contribution in [0.25, 0.3) is 11.1 Å². The molecule has 0 amide bonds. The lowest BCUT2D eigenvalue weighted by molar-refractivity contribution is 0.960. The first-order chi connectivity index (χ1) is 16.4. The Morgan fingerprint density at radius 1 is 0.333 bits per heavy atom. The normalized spacial score (nSPS) is 10.7. The maximum Gasteiger partial charge on any atom is 0.0462 e. The number of anilines is 3. The molecule has 1 heteroatoms. The highest BCUT2D eigenvalue weighted by molar-refractivity contribution is 5.78. The Morgan fingerprint density at radius 2 is 0.697 bits per heavy atom. The number of para-hydroxylation sites is 2. The fourth-order valence-electron chi connectivity index (χ4n) is 4.20. The van der Waals surface area contributed by atoms with Gasteiger partial charge in [-0.1, -0.05) is 103 Å². The van der Waals surface area contributed by atoms with E-state index in [9.17, 15) is 0 Å². The summed E-state index contributed by atoms with van der Waals surface area (Å²) >= 11 is 0. The van der Waals surface area contributed by atoms with Gasteiger partial charge in [0.05, 0.1) is 0 Å². The first-order valence-corrected chi connectivity index (χ1v) is 11.5. The fraction of sp³-hybridized carbons (Fsp3) is 0.0625. The Bertz CT molecular complexity index is 1220. The van der Waals surface area contributed by atoms with Crippen molar-refractivity contribution < 1.29 is 0 Å². The third-order valence-corrected chi connectivity index (χ3v) is 5.99. The van der Waals surface area contributed by atoms with Gasteiger partial charge in [0.15, 0.2) is 0 Å². The fourth-order valence-corrected chi connectivity index (χ4v) is 4.20. The van der Waals surface area contributed by atoms with E-state index in [2.05, 4.69) is 144 Å². The van der Waals surface area contributed by atoms with Gasteiger partial charge in [-0.3, -0.25) is 0 Å². The molecule has 0 bridgehead atoms. The van der Waals surface area contributed by atoms with Crippen LogP contribution in [0.2, 0.25) is 0 Å². The van der Waals surface area contributed by atoms with E-state index in [1.807, 2.05) is 0 Å². The van der Waals surface area contributed by atoms with Crippen LogP contribution in [0.3, 0.4) is 0 Å². The van der Waals surface area contributed by atoms with Gasteiger partial charge in [-0.15, -0.1) is 0 Å². The Labute approximate surface area is 196 Å². The van der Waals surface area contributed by atoms with Gasteiger partial charge in [-0.25, -0.2) is 0 Å². The van der Waals surface area contributed by atoms with Crippen molar-refractivity contribution in [3.8, 4) is 11.1 Å². The number of benzene rings is 5. The molecule has 0 atom stereocenters. The third-order valence-electron chi connectivity index (χ3n) is 5.99. The summed E-state index contributed by atoms with van der Waals surface area (Å²) in [7, 11) is 0. The summed E-state index contributed by atoms with van der Waals surface area (Å²) in [6.45, 7) is 0. The highest BCUT2D eigenvalue weighted by atomic mass is 15.1. The zero-order chi connectivity index (χ0) is 22.3. The summed E-state index contributed by atoms with van der Waals surface area (Å²) in [6, 6.07) is 49.6. The molecule has 0 N–H and O–H groups in total. The molecular weight excluding hydrogens is 398 g/mol. The predicted molar refractivity (Wildman–Crippen MR) is 140 cm³/mol. The molecule has 0 saturated carbocycles. The molecule has 0 unspecified atom stereocenters. The second-order valence-electron chi connectivity index (χ2n) is 8.24. The van der Waals surface area contributed by atoms with Gasteiger partial charge in [0.2, 0.25) is 0 Å². The van der Waals surface area contributed by atoms with E-state index >= 15 is 0 Å². The number of nitrogens with zero attached hydrogens (tertiary/aromatic N) is 1. The molecule has 0 aliphatic rings. The van der Waals surface area contributed by atoms with Crippen LogP contribution >= 0.6 is 0 Å². The van der Waals surface area contributed by atoms with Crippen LogP contribution in [-0.2, 0) is 12.8 Å². The van der Waals surface area contributed by atoms with Crippen molar-refractivity contribution in [2.75, 3.05) is 4.90 Å². The lowest BCUT2D eigenvalue weighted by atomic mass is 10.00. The van der Waals surface area contributed by atoms with Crippen molar-refractivity contribution in [3.63, 3.8) is 0 Å². The highest BCUT2D eigenvalue weighted by Crippen LogP contribution is 2.35. The Balaban J connectivity index is 1.35. The summed E-state index contributed by atoms with van der Waals surface area (Å²) in [4.78, 5) is 2.29. The van der Waals surface area contributed by atoms with Gasteiger partial charge in [-0.05, 0) is 71.5 Å². The van der Waals surface area contributed by atoms with Gasteiger partial charge in [0.25, 0.3) is 0 Å². The van der Waals surface area contributed by atoms with E-state index in [0.29, 0.717) is 0 Å². The Hall–Kier alpha value is -4.10. The van der Waals surface area contributed by atoms with Crippen LogP contribution in [0, 0.1) is 0 Å². The lowest BCUT2D eigenvalue weighted by Gasteiger charge is -2.25. The van der Waals surface area contributed by atoms with Gasteiger partial charge in [0, 0.05) is 17.1 Å². The number of hydrogen-bond acceptors (Lipinski definition) is 1. The van der Waals surface area contributed by atoms with E-state index in [1.54, 1.807) is 0 Å². The Morgan fingerprint density at radius 3 is 1.18 bits per heavy atom. The molecule has 5 aromatic rings. The van der Waals surface area contributed by atoms with Crippen molar-refractivity contribution in [2.24, 2.45) is 0 Å². The van der Waals surface area contributed by atoms with Gasteiger partial charge in [-0.2, -0.15) is 0 Å². The van der Waals surface area contributed by atoms with Crippen LogP contribution < -0.4 is 4.90 Å². The predicted octanol–water partition coefficient (Wildman–Crippen LogP) is 8.61. The van der Waals surface area contributed by atoms with Crippen LogP contribution in [0.1, 0.15) is 11.1 Å². The highest BCUT2D eigenvalue weighted by Gasteiger charge is 2.11. The molecular formula is C32H27N. The minimum Gasteiger partial charge on any atom is -0.311 e. The molecule has 5 aromatic carbocycles. The van der Waals surface area contributed by atoms with Crippen molar-refractivity contribution >= 4 is 17.1 Å². The summed E-state index contributed by atoms with van der Waals surface area (Å²) in [6.07, 6.45) is 2.13. The molecule has 0 aliphatic carbocycles. The van der Waals surface area contributed by atoms with Gasteiger partial charge < -0.3 is 4.90 Å². The smallest absolute Gasteiger partial charge is 0.0462 e. The first kappa shape index (κ1) is 20.8. The minimum atomic E-state index is 1.06. The SMILES string of the molecule is c1ccc(CCc2ccc(-c3ccc(N(c4ccccc4)c4ccccc4)cc3)cc2)cc1. The van der Waals surface area contributed by atoms with Crippen molar-refractivity contribution in [2.45, 2.75) is 12.8 Å². The van der Waals surface area contributed by atoms with Gasteiger partial charge >= 0.3 is 0 Å². The quantitative estimate of drug-likeness (QED) is 0.252. The number of hydrogen-bond donors (Lipinski definition) is 0. The Kier molecular flexibility index (Phi) is 6.31. The molecule has 160 valence electrons. The molecule has 5 rings (SSSR count). The van der Waals surface area contributed by atoms with Crippen LogP contribution in [0.4, 0.5) is 17.1 Å². The minimum absolute atomic E-state index is 1.06. The van der Waals surface area contributed by atoms with Crippen LogP contribution in [0.15, 0.2) is 140 Å². The molecule has 0 spiro atoms. The lowest BCUT2D eigenvalue weighted by Crippen LogP contribution is -2.09. The van der Waals surface area contributed by atoms with Crippen molar-refractivity contribution in [1.82, 2.24) is 0 Å². The first-order valence-electron chi connectivity index (χ1n) is 11.5. The average Bonchev–Trinajstić information content (AvgIpc) is 2.90. The zero-order valence-electron chi connectivity index (χ0n) is 18.6. The van der Waals surface area contributed by atoms with Gasteiger partial charge in [0.1, 0.15) is 0 Å². The number of aryl methyl sites for hydroxylation is 2. The molecule has 0 radical (unpaired) electrons. The van der Waals surface area contributed by atoms with E-state index in [1.165, 1.54) is 22.3 Å². The topological polar surface area (TPSA) is 3.24 Å². The summed E-state index contributed by atoms with van der Waals surface area (Å²) in [5.74, 6) is 0. The standard InChI is InChI=1S/C32H27N/c1-4-10-26(11-5-1)16-17-27-18-20-28(21-19-27)29-22-24-32(25-23-29)33(30-12-6-2-7-13-30)31-14-8-3-9-15-31/h1-15,18-25H,16-17H2. The van der Waals surface area contributed by atoms with Crippen LogP contribution in [-0.4, -0.2) is 0 Å². The summed E-state index contributed by atoms with van der Waals surface area (Å²) < 4.78 is 0. The maximum absolute atomic E-state index is 2.29. The molecule has 0 saturated heterocycles. The molecule has 1 nitrogen and oxygen atoms in total.